The minimum atomic E-state index is -1.23. The number of para-hydroxylation sites is 4. The van der Waals surface area contributed by atoms with E-state index in [2.05, 4.69) is 15.3 Å². The lowest BCUT2D eigenvalue weighted by Crippen LogP contribution is -2.47. The highest BCUT2D eigenvalue weighted by Gasteiger charge is 2.40. The quantitative estimate of drug-likeness (QED) is 0.233. The van der Waals surface area contributed by atoms with Gasteiger partial charge in [0.2, 0.25) is 11.8 Å². The van der Waals surface area contributed by atoms with Crippen molar-refractivity contribution in [3.63, 3.8) is 0 Å². The smallest absolute Gasteiger partial charge is 0.432 e. The van der Waals surface area contributed by atoms with Gasteiger partial charge in [-0.25, -0.2) is 4.79 Å². The Kier molecular flexibility index (Phi) is 7.56. The fourth-order valence-electron chi connectivity index (χ4n) is 6.32. The lowest BCUT2D eigenvalue weighted by Gasteiger charge is -2.31. The number of amides is 2. The van der Waals surface area contributed by atoms with Crippen molar-refractivity contribution in [1.29, 1.82) is 0 Å². The Morgan fingerprint density at radius 3 is 2.17 bits per heavy atom. The molecule has 0 aliphatic carbocycles. The topological polar surface area (TPSA) is 126 Å². The molecule has 0 bridgehead atoms. The Bertz CT molecular complexity index is 2120. The molecule has 1 aliphatic heterocycles. The third-order valence-corrected chi connectivity index (χ3v) is 8.36. The third-order valence-electron chi connectivity index (χ3n) is 8.36. The van der Waals surface area contributed by atoms with Gasteiger partial charge in [0.1, 0.15) is 12.5 Å². The first-order chi connectivity index (χ1) is 22.8. The van der Waals surface area contributed by atoms with Gasteiger partial charge >= 0.3 is 6.09 Å². The molecular formula is C36H31N7O4. The van der Waals surface area contributed by atoms with Crippen LogP contribution in [-0.2, 0) is 16.0 Å². The zero-order valence-corrected chi connectivity index (χ0v) is 25.8. The van der Waals surface area contributed by atoms with Crippen LogP contribution in [0.4, 0.5) is 16.2 Å². The molecule has 1 aliphatic rings. The van der Waals surface area contributed by atoms with Crippen LogP contribution in [0.3, 0.4) is 0 Å². The number of fused-ring (bicyclic) bond motifs is 4. The number of anilines is 2. The van der Waals surface area contributed by atoms with Crippen molar-refractivity contribution in [2.45, 2.75) is 32.2 Å². The lowest BCUT2D eigenvalue weighted by molar-refractivity contribution is -0.123. The Balaban J connectivity index is 1.40. The van der Waals surface area contributed by atoms with E-state index in [4.69, 9.17) is 0 Å². The number of carbonyl (C=O) groups is 3. The second kappa shape index (κ2) is 12.0. The van der Waals surface area contributed by atoms with Gasteiger partial charge in [-0.2, -0.15) is 9.78 Å². The zero-order chi connectivity index (χ0) is 32.7. The molecule has 1 unspecified atom stereocenters. The minimum absolute atomic E-state index is 0.0256. The van der Waals surface area contributed by atoms with E-state index < -0.39 is 12.0 Å². The summed E-state index contributed by atoms with van der Waals surface area (Å²) in [5, 5.41) is 24.1. The molecule has 4 aromatic carbocycles. The molecule has 234 valence electrons. The molecule has 0 fully saturated rings. The molecule has 11 nitrogen and oxygen atoms in total. The van der Waals surface area contributed by atoms with Crippen molar-refractivity contribution in [3.8, 4) is 17.1 Å². The average molecular weight is 626 g/mol. The average Bonchev–Trinajstić information content (AvgIpc) is 3.67. The summed E-state index contributed by atoms with van der Waals surface area (Å²) in [6.07, 6.45) is -1.21. The van der Waals surface area contributed by atoms with E-state index in [1.165, 1.54) is 4.90 Å². The highest BCUT2D eigenvalue weighted by Crippen LogP contribution is 2.39. The predicted molar refractivity (Wildman–Crippen MR) is 178 cm³/mol. The standard InChI is InChI=1S/C36H31N7O4/c1-23(2)41(25-15-7-4-8-16-25)32(44)22-40-30-19-11-12-20-31(30)42-33(24-13-5-3-6-14-24)37-38-34(42)27(35(40)45)21-28-26-17-9-10-18-29(26)43(39-28)36(46)47/h3-20,23,27H,21-22H2,1-2H3,(H,46,47). The SMILES string of the molecule is CC(C)N(C(=O)CN1C(=O)C(Cc2nn(C(=O)O)c3ccccc23)c2nnc(-c3ccccc3)n2-c2ccccc21)c1ccccc1. The Labute approximate surface area is 270 Å². The molecular weight excluding hydrogens is 594 g/mol. The van der Waals surface area contributed by atoms with Gasteiger partial charge in [0.05, 0.1) is 22.6 Å². The summed E-state index contributed by atoms with van der Waals surface area (Å²) < 4.78 is 2.79. The molecule has 11 heteroatoms. The summed E-state index contributed by atoms with van der Waals surface area (Å²) in [6, 6.07) is 33.2. The third kappa shape index (κ3) is 5.21. The van der Waals surface area contributed by atoms with Crippen LogP contribution < -0.4 is 9.80 Å². The highest BCUT2D eigenvalue weighted by atomic mass is 16.4. The van der Waals surface area contributed by atoms with Crippen molar-refractivity contribution in [2.75, 3.05) is 16.3 Å². The van der Waals surface area contributed by atoms with Gasteiger partial charge < -0.3 is 14.9 Å². The maximum Gasteiger partial charge on any atom is 0.432 e. The van der Waals surface area contributed by atoms with Crippen molar-refractivity contribution in [2.24, 2.45) is 0 Å². The minimum Gasteiger partial charge on any atom is -0.463 e. The van der Waals surface area contributed by atoms with Crippen molar-refractivity contribution in [1.82, 2.24) is 24.5 Å². The van der Waals surface area contributed by atoms with Crippen LogP contribution >= 0.6 is 0 Å². The van der Waals surface area contributed by atoms with Gasteiger partial charge in [-0.15, -0.1) is 10.2 Å². The number of nitrogens with zero attached hydrogens (tertiary/aromatic N) is 7. The number of aromatic nitrogens is 5. The van der Waals surface area contributed by atoms with E-state index in [9.17, 15) is 19.5 Å². The molecule has 0 saturated carbocycles. The molecule has 3 heterocycles. The number of benzene rings is 4. The van der Waals surface area contributed by atoms with Gasteiger partial charge in [0, 0.05) is 29.1 Å². The first kappa shape index (κ1) is 29.6. The Morgan fingerprint density at radius 1 is 0.830 bits per heavy atom. The fraction of sp³-hybridized carbons (Fsp3) is 0.167. The monoisotopic (exact) mass is 625 g/mol. The van der Waals surface area contributed by atoms with Crippen molar-refractivity contribution < 1.29 is 19.5 Å². The molecule has 0 saturated heterocycles. The fourth-order valence-corrected chi connectivity index (χ4v) is 6.32. The predicted octanol–water partition coefficient (Wildman–Crippen LogP) is 5.92. The summed E-state index contributed by atoms with van der Waals surface area (Å²) in [7, 11) is 0. The number of hydrogen-bond donors (Lipinski definition) is 1. The van der Waals surface area contributed by atoms with E-state index in [1.807, 2.05) is 103 Å². The van der Waals surface area contributed by atoms with Gasteiger partial charge in [-0.1, -0.05) is 78.9 Å². The summed E-state index contributed by atoms with van der Waals surface area (Å²) in [5.74, 6) is -0.677. The van der Waals surface area contributed by atoms with Crippen LogP contribution in [0.25, 0.3) is 28.0 Å². The van der Waals surface area contributed by atoms with Gasteiger partial charge in [0.15, 0.2) is 11.6 Å². The van der Waals surface area contributed by atoms with Gasteiger partial charge in [-0.3, -0.25) is 14.2 Å². The lowest BCUT2D eigenvalue weighted by atomic mass is 9.98. The van der Waals surface area contributed by atoms with E-state index in [-0.39, 0.29) is 30.8 Å². The molecule has 1 N–H and O–H groups in total. The molecule has 0 radical (unpaired) electrons. The molecule has 0 spiro atoms. The van der Waals surface area contributed by atoms with Crippen LogP contribution in [0.1, 0.15) is 31.3 Å². The molecule has 2 amide bonds. The largest absolute Gasteiger partial charge is 0.463 e. The molecule has 1 atom stereocenters. The maximum absolute atomic E-state index is 14.9. The molecule has 7 rings (SSSR count). The first-order valence-electron chi connectivity index (χ1n) is 15.3. The Hall–Kier alpha value is -6.10. The normalized spacial score (nSPS) is 14.1. The van der Waals surface area contributed by atoms with Crippen LogP contribution in [0.2, 0.25) is 0 Å². The maximum atomic E-state index is 14.9. The van der Waals surface area contributed by atoms with Crippen molar-refractivity contribution in [3.05, 3.63) is 121 Å². The van der Waals surface area contributed by atoms with E-state index in [0.717, 1.165) is 15.9 Å². The second-order valence-electron chi connectivity index (χ2n) is 11.6. The van der Waals surface area contributed by atoms with E-state index in [0.29, 0.717) is 39.6 Å². The molecule has 2 aromatic heterocycles. The first-order valence-corrected chi connectivity index (χ1v) is 15.3. The number of carboxylic acid groups (broad SMARTS) is 1. The zero-order valence-electron chi connectivity index (χ0n) is 25.8. The number of rotatable bonds is 7. The summed E-state index contributed by atoms with van der Waals surface area (Å²) in [6.45, 7) is 3.63. The van der Waals surface area contributed by atoms with Gasteiger partial charge in [-0.05, 0) is 44.2 Å². The van der Waals surface area contributed by atoms with Crippen molar-refractivity contribution >= 4 is 40.2 Å². The van der Waals surface area contributed by atoms with Crippen LogP contribution in [0, 0.1) is 0 Å². The van der Waals surface area contributed by atoms with Crippen LogP contribution in [-0.4, -0.2) is 60.1 Å². The molecule has 6 aromatic rings. The highest BCUT2D eigenvalue weighted by molar-refractivity contribution is 6.08. The second-order valence-corrected chi connectivity index (χ2v) is 11.6. The van der Waals surface area contributed by atoms with E-state index >= 15 is 0 Å². The number of carbonyl (C=O) groups excluding carboxylic acids is 2. The van der Waals surface area contributed by atoms with Gasteiger partial charge in [0.25, 0.3) is 0 Å². The van der Waals surface area contributed by atoms with Crippen LogP contribution in [0.15, 0.2) is 109 Å². The Morgan fingerprint density at radius 2 is 1.47 bits per heavy atom. The summed E-state index contributed by atoms with van der Waals surface area (Å²) in [4.78, 5) is 44.4. The molecule has 47 heavy (non-hydrogen) atoms. The number of hydrogen-bond acceptors (Lipinski definition) is 6. The summed E-state index contributed by atoms with van der Waals surface area (Å²) >= 11 is 0. The van der Waals surface area contributed by atoms with E-state index in [1.54, 1.807) is 29.2 Å². The summed E-state index contributed by atoms with van der Waals surface area (Å²) in [5.41, 5.74) is 3.54. The van der Waals surface area contributed by atoms with Crippen LogP contribution in [0.5, 0.6) is 0 Å².